The molecule has 0 radical (unpaired) electrons. The Kier molecular flexibility index (Phi) is 4.27. The van der Waals surface area contributed by atoms with E-state index in [0.29, 0.717) is 41.0 Å². The number of Topliss-reactive ketones (excluding diaryl/α,β-unsaturated/α-hetero) is 1. The normalized spacial score (nSPS) is 50.9. The van der Waals surface area contributed by atoms with E-state index in [-0.39, 0.29) is 16.9 Å². The van der Waals surface area contributed by atoms with Gasteiger partial charge in [0, 0.05) is 11.3 Å². The van der Waals surface area contributed by atoms with E-state index in [2.05, 4.69) is 53.7 Å². The van der Waals surface area contributed by atoms with E-state index in [1.54, 1.807) is 0 Å². The van der Waals surface area contributed by atoms with E-state index in [4.69, 9.17) is 4.74 Å². The largest absolute Gasteiger partial charge is 0.372 e. The van der Waals surface area contributed by atoms with Crippen molar-refractivity contribution in [3.8, 4) is 0 Å². The van der Waals surface area contributed by atoms with Crippen LogP contribution in [0.15, 0.2) is 12.2 Å². The van der Waals surface area contributed by atoms with Gasteiger partial charge in [-0.1, -0.05) is 32.9 Å². The molecule has 4 rings (SSSR count). The van der Waals surface area contributed by atoms with Crippen molar-refractivity contribution in [1.29, 1.82) is 0 Å². The number of carbonyl (C=O) groups is 1. The van der Waals surface area contributed by atoms with Crippen molar-refractivity contribution >= 4 is 5.78 Å². The highest BCUT2D eigenvalue weighted by Gasteiger charge is 2.63. The zero-order valence-corrected chi connectivity index (χ0v) is 17.7. The third-order valence-corrected chi connectivity index (χ3v) is 8.67. The summed E-state index contributed by atoms with van der Waals surface area (Å²) < 4.78 is 6.72. The second-order valence-electron chi connectivity index (χ2n) is 11.3. The van der Waals surface area contributed by atoms with Gasteiger partial charge < -0.3 is 4.74 Å². The van der Waals surface area contributed by atoms with Gasteiger partial charge in [0.1, 0.15) is 5.78 Å². The molecule has 26 heavy (non-hydrogen) atoms. The number of ketones is 1. The zero-order valence-electron chi connectivity index (χ0n) is 17.7. The van der Waals surface area contributed by atoms with Gasteiger partial charge in [-0.3, -0.25) is 4.79 Å². The molecule has 5 unspecified atom stereocenters. The van der Waals surface area contributed by atoms with E-state index >= 15 is 0 Å². The van der Waals surface area contributed by atoms with Gasteiger partial charge in [0.05, 0.1) is 11.7 Å². The first-order chi connectivity index (χ1) is 12.1. The Morgan fingerprint density at radius 3 is 2.54 bits per heavy atom. The van der Waals surface area contributed by atoms with Crippen LogP contribution < -0.4 is 0 Å². The van der Waals surface area contributed by atoms with Crippen LogP contribution in [0.4, 0.5) is 0 Å². The van der Waals surface area contributed by atoms with E-state index in [9.17, 15) is 4.79 Å². The first-order valence-electron chi connectivity index (χ1n) is 10.9. The lowest BCUT2D eigenvalue weighted by molar-refractivity contribution is -0.191. The summed E-state index contributed by atoms with van der Waals surface area (Å²) in [7, 11) is 0. The molecule has 0 heterocycles. The highest BCUT2D eigenvalue weighted by molar-refractivity contribution is 5.89. The third-order valence-electron chi connectivity index (χ3n) is 8.67. The first-order valence-corrected chi connectivity index (χ1v) is 10.9. The van der Waals surface area contributed by atoms with Gasteiger partial charge in [0.25, 0.3) is 0 Å². The fourth-order valence-electron chi connectivity index (χ4n) is 7.46. The molecule has 3 saturated carbocycles. The fourth-order valence-corrected chi connectivity index (χ4v) is 7.46. The molecule has 0 aromatic rings. The van der Waals surface area contributed by atoms with Gasteiger partial charge in [-0.25, -0.2) is 0 Å². The van der Waals surface area contributed by atoms with E-state index < -0.39 is 0 Å². The minimum absolute atomic E-state index is 0.103. The van der Waals surface area contributed by atoms with Crippen LogP contribution in [-0.2, 0) is 9.53 Å². The Hall–Kier alpha value is -0.630. The van der Waals surface area contributed by atoms with E-state index in [0.717, 1.165) is 19.3 Å². The van der Waals surface area contributed by atoms with Crippen molar-refractivity contribution in [2.45, 2.75) is 91.8 Å². The lowest BCUT2D eigenvalue weighted by Gasteiger charge is -2.61. The predicted molar refractivity (Wildman–Crippen MR) is 106 cm³/mol. The van der Waals surface area contributed by atoms with Gasteiger partial charge in [-0.05, 0) is 88.4 Å². The topological polar surface area (TPSA) is 26.3 Å². The van der Waals surface area contributed by atoms with Crippen LogP contribution in [0, 0.1) is 40.4 Å². The zero-order chi connectivity index (χ0) is 18.9. The van der Waals surface area contributed by atoms with Crippen molar-refractivity contribution in [3.05, 3.63) is 12.2 Å². The Labute approximate surface area is 160 Å². The number of rotatable bonds is 1. The van der Waals surface area contributed by atoms with E-state index in [1.165, 1.54) is 19.3 Å². The van der Waals surface area contributed by atoms with Crippen molar-refractivity contribution in [2.24, 2.45) is 40.4 Å². The maximum Gasteiger partial charge on any atom is 0.141 e. The summed E-state index contributed by atoms with van der Waals surface area (Å²) in [6.07, 6.45) is 12.2. The van der Waals surface area contributed by atoms with Crippen molar-refractivity contribution in [1.82, 2.24) is 0 Å². The maximum atomic E-state index is 13.0. The quantitative estimate of drug-likeness (QED) is 0.553. The summed E-state index contributed by atoms with van der Waals surface area (Å²) >= 11 is 0. The molecule has 4 aliphatic carbocycles. The minimum atomic E-state index is -0.122. The number of hydrogen-bond acceptors (Lipinski definition) is 2. The Balaban J connectivity index is 1.75. The molecular formula is C24H38O2. The molecule has 2 heteroatoms. The van der Waals surface area contributed by atoms with Crippen LogP contribution in [0.5, 0.6) is 0 Å². The highest BCUT2D eigenvalue weighted by Crippen LogP contribution is 2.66. The van der Waals surface area contributed by atoms with Gasteiger partial charge in [0.2, 0.25) is 0 Å². The van der Waals surface area contributed by atoms with Gasteiger partial charge in [-0.15, -0.1) is 0 Å². The molecule has 0 bridgehead atoms. The summed E-state index contributed by atoms with van der Waals surface area (Å²) in [6, 6.07) is 0. The Bertz CT molecular complexity index is 614. The first kappa shape index (κ1) is 18.7. The lowest BCUT2D eigenvalue weighted by Crippen LogP contribution is -2.58. The van der Waals surface area contributed by atoms with E-state index in [1.807, 2.05) is 0 Å². The van der Waals surface area contributed by atoms with Crippen LogP contribution in [0.1, 0.15) is 80.1 Å². The van der Waals surface area contributed by atoms with Crippen LogP contribution in [0.3, 0.4) is 0 Å². The summed E-state index contributed by atoms with van der Waals surface area (Å²) in [5.41, 5.74) is 0.171. The van der Waals surface area contributed by atoms with Crippen LogP contribution in [0.25, 0.3) is 0 Å². The number of ether oxygens (including phenoxy) is 1. The molecule has 0 amide bonds. The molecule has 0 aromatic heterocycles. The number of fused-ring (bicyclic) bond motifs is 5. The summed E-state index contributed by atoms with van der Waals surface area (Å²) in [4.78, 5) is 13.0. The van der Waals surface area contributed by atoms with Crippen molar-refractivity contribution in [3.63, 3.8) is 0 Å². The standard InChI is InChI=1S/C24H38O2/c1-15-13-18-20-17(10-12-24(18,6)21(15)25)23(5)11-8-7-9-16(23)14-19(20)26-22(2,3)4/h7,9,15-20H,8,10-14H2,1-6H3/t15?,16?,17?,18?,19-,20?,23-,24-/m0/s1. The average Bonchev–Trinajstić information content (AvgIpc) is 2.77. The molecule has 0 N–H and O–H groups in total. The summed E-state index contributed by atoms with van der Waals surface area (Å²) in [5.74, 6) is 3.18. The molecule has 0 spiro atoms. The number of carbonyl (C=O) groups excluding carboxylic acids is 1. The number of allylic oxidation sites excluding steroid dienone is 2. The molecule has 146 valence electrons. The monoisotopic (exact) mass is 358 g/mol. The summed E-state index contributed by atoms with van der Waals surface area (Å²) in [6.45, 7) is 13.6. The second kappa shape index (κ2) is 5.93. The molecular weight excluding hydrogens is 320 g/mol. The van der Waals surface area contributed by atoms with Crippen LogP contribution in [0.2, 0.25) is 0 Å². The minimum Gasteiger partial charge on any atom is -0.372 e. The van der Waals surface area contributed by atoms with Gasteiger partial charge in [0.15, 0.2) is 0 Å². The lowest BCUT2D eigenvalue weighted by atomic mass is 9.45. The third kappa shape index (κ3) is 2.65. The molecule has 2 nitrogen and oxygen atoms in total. The number of hydrogen-bond donors (Lipinski definition) is 0. The molecule has 0 saturated heterocycles. The van der Waals surface area contributed by atoms with Crippen molar-refractivity contribution in [2.75, 3.05) is 0 Å². The molecule has 0 aliphatic heterocycles. The summed E-state index contributed by atoms with van der Waals surface area (Å²) in [5, 5.41) is 0. The molecule has 0 aromatic carbocycles. The van der Waals surface area contributed by atoms with Gasteiger partial charge in [-0.2, -0.15) is 0 Å². The molecule has 3 fully saturated rings. The smallest absolute Gasteiger partial charge is 0.141 e. The molecule has 8 atom stereocenters. The van der Waals surface area contributed by atoms with Crippen molar-refractivity contribution < 1.29 is 9.53 Å². The van der Waals surface area contributed by atoms with Crippen LogP contribution >= 0.6 is 0 Å². The Morgan fingerprint density at radius 1 is 1.12 bits per heavy atom. The fraction of sp³-hybridized carbons (Fsp3) is 0.875. The SMILES string of the molecule is CC1CC2C3C(CC[C@]2(C)C1=O)[C@@]1(C)CCC=CC1C[C@@H]3OC(C)(C)C. The maximum absolute atomic E-state index is 13.0. The van der Waals surface area contributed by atoms with Crippen LogP contribution in [-0.4, -0.2) is 17.5 Å². The van der Waals surface area contributed by atoms with Gasteiger partial charge >= 0.3 is 0 Å². The highest BCUT2D eigenvalue weighted by atomic mass is 16.5. The molecule has 4 aliphatic rings. The average molecular weight is 359 g/mol. The Morgan fingerprint density at radius 2 is 1.85 bits per heavy atom. The second-order valence-corrected chi connectivity index (χ2v) is 11.3. The predicted octanol–water partition coefficient (Wildman–Crippen LogP) is 5.80.